The van der Waals surface area contributed by atoms with Crippen molar-refractivity contribution in [2.24, 2.45) is 0 Å². The average Bonchev–Trinajstić information content (AvgIpc) is 3.39. The summed E-state index contributed by atoms with van der Waals surface area (Å²) in [5.41, 5.74) is 0.533. The smallest absolute Gasteiger partial charge is 0.419 e. The van der Waals surface area contributed by atoms with Gasteiger partial charge in [0, 0.05) is 24.7 Å². The summed E-state index contributed by atoms with van der Waals surface area (Å²) >= 11 is 6.98. The normalized spacial score (nSPS) is 16.6. The van der Waals surface area contributed by atoms with Crippen molar-refractivity contribution >= 4 is 38.6 Å². The number of nitrogens with zero attached hydrogens (tertiary/aromatic N) is 2. The van der Waals surface area contributed by atoms with Gasteiger partial charge in [0.15, 0.2) is 0 Å². The zero-order chi connectivity index (χ0) is 26.1. The Balaban J connectivity index is 1.68. The molecule has 0 saturated carbocycles. The molecular weight excluding hydrogens is 535 g/mol. The molecule has 0 amide bonds. The van der Waals surface area contributed by atoms with Crippen LogP contribution in [0.5, 0.6) is 5.75 Å². The van der Waals surface area contributed by atoms with E-state index >= 15 is 0 Å². The highest BCUT2D eigenvalue weighted by Crippen LogP contribution is 2.41. The molecule has 1 atom stereocenters. The fourth-order valence-corrected chi connectivity index (χ4v) is 6.92. The van der Waals surface area contributed by atoms with Crippen LogP contribution < -0.4 is 9.46 Å². The van der Waals surface area contributed by atoms with Crippen molar-refractivity contribution in [3.05, 3.63) is 64.0 Å². The van der Waals surface area contributed by atoms with Crippen molar-refractivity contribution < 1.29 is 26.3 Å². The topological polar surface area (TPSA) is 82.4 Å². The third kappa shape index (κ3) is 5.95. The highest BCUT2D eigenvalue weighted by Gasteiger charge is 2.36. The van der Waals surface area contributed by atoms with Gasteiger partial charge in [0.05, 0.1) is 28.1 Å². The molecule has 1 fully saturated rings. The lowest BCUT2D eigenvalue weighted by Crippen LogP contribution is -2.23. The third-order valence-electron chi connectivity index (χ3n) is 5.61. The number of thiophene rings is 1. The van der Waals surface area contributed by atoms with Gasteiger partial charge in [-0.1, -0.05) is 35.9 Å². The van der Waals surface area contributed by atoms with Crippen LogP contribution in [0, 0.1) is 11.3 Å². The minimum absolute atomic E-state index is 0.0712. The first-order valence-electron chi connectivity index (χ1n) is 10.8. The van der Waals surface area contributed by atoms with E-state index in [1.807, 2.05) is 18.0 Å². The number of sulfonamides is 1. The number of likely N-dealkylation sites (N-methyl/N-ethyl adjacent to an activating group) is 1. The number of nitrogens with one attached hydrogen (secondary N) is 1. The Morgan fingerprint density at radius 1 is 1.25 bits per heavy atom. The second-order valence-corrected chi connectivity index (χ2v) is 12.0. The highest BCUT2D eigenvalue weighted by atomic mass is 35.5. The standard InChI is InChI=1S/C24H21ClF3N3O3S2/c1-31-10-8-18(14-31)34-21-12-17(5-6-20(21)24(26,27)28)30-36(32,33)23-19(13-22(25)35-23)16-4-2-3-15(11-16)7-9-29/h2-6,11-13,18,30H,7-8,10,14H2,1H3. The lowest BCUT2D eigenvalue weighted by atomic mass is 10.0. The van der Waals surface area contributed by atoms with Crippen LogP contribution in [0.3, 0.4) is 0 Å². The van der Waals surface area contributed by atoms with Crippen LogP contribution in [0.2, 0.25) is 4.34 Å². The number of nitriles is 1. The fourth-order valence-electron chi connectivity index (χ4n) is 3.98. The van der Waals surface area contributed by atoms with Gasteiger partial charge in [-0.3, -0.25) is 4.72 Å². The van der Waals surface area contributed by atoms with E-state index in [0.29, 0.717) is 36.2 Å². The van der Waals surface area contributed by atoms with Gasteiger partial charge in [0.2, 0.25) is 0 Å². The molecule has 6 nitrogen and oxygen atoms in total. The van der Waals surface area contributed by atoms with E-state index in [9.17, 15) is 21.6 Å². The fraction of sp³-hybridized carbons (Fsp3) is 0.292. The molecule has 1 saturated heterocycles. The number of alkyl halides is 3. The molecule has 2 aromatic carbocycles. The summed E-state index contributed by atoms with van der Waals surface area (Å²) < 4.78 is 75.6. The molecule has 190 valence electrons. The van der Waals surface area contributed by atoms with Crippen LogP contribution in [-0.2, 0) is 22.6 Å². The minimum Gasteiger partial charge on any atom is -0.488 e. The molecule has 0 spiro atoms. The Hall–Kier alpha value is -2.78. The maximum Gasteiger partial charge on any atom is 0.419 e. The van der Waals surface area contributed by atoms with E-state index < -0.39 is 33.6 Å². The first-order valence-corrected chi connectivity index (χ1v) is 13.5. The SMILES string of the molecule is CN1CCC(Oc2cc(NS(=O)(=O)c3sc(Cl)cc3-c3cccc(CC#N)c3)ccc2C(F)(F)F)C1. The molecule has 1 aliphatic rings. The van der Waals surface area contributed by atoms with E-state index in [4.69, 9.17) is 21.6 Å². The third-order valence-corrected chi connectivity index (χ3v) is 8.79. The number of rotatable bonds is 7. The van der Waals surface area contributed by atoms with Crippen LogP contribution in [0.25, 0.3) is 11.1 Å². The molecule has 36 heavy (non-hydrogen) atoms. The minimum atomic E-state index is -4.67. The Labute approximate surface area is 215 Å². The van der Waals surface area contributed by atoms with E-state index in [1.54, 1.807) is 24.3 Å². The first-order chi connectivity index (χ1) is 17.0. The molecule has 1 aliphatic heterocycles. The summed E-state index contributed by atoms with van der Waals surface area (Å²) in [6, 6.07) is 13.3. The molecule has 12 heteroatoms. The predicted octanol–water partition coefficient (Wildman–Crippen LogP) is 6.04. The Kier molecular flexibility index (Phi) is 7.52. The molecule has 0 bridgehead atoms. The van der Waals surface area contributed by atoms with Crippen LogP contribution >= 0.6 is 22.9 Å². The maximum absolute atomic E-state index is 13.6. The van der Waals surface area contributed by atoms with Crippen LogP contribution in [-0.4, -0.2) is 39.6 Å². The summed E-state index contributed by atoms with van der Waals surface area (Å²) in [5.74, 6) is -0.434. The van der Waals surface area contributed by atoms with Gasteiger partial charge in [-0.05, 0) is 42.8 Å². The van der Waals surface area contributed by atoms with Crippen LogP contribution in [0.4, 0.5) is 18.9 Å². The summed E-state index contributed by atoms with van der Waals surface area (Å²) in [6.45, 7) is 1.16. The second-order valence-electron chi connectivity index (χ2n) is 8.39. The van der Waals surface area contributed by atoms with Gasteiger partial charge < -0.3 is 9.64 Å². The molecule has 2 heterocycles. The van der Waals surface area contributed by atoms with Crippen LogP contribution in [0.1, 0.15) is 17.5 Å². The monoisotopic (exact) mass is 555 g/mol. The summed E-state index contributed by atoms with van der Waals surface area (Å²) in [4.78, 5) is 1.94. The van der Waals surface area contributed by atoms with Gasteiger partial charge in [0.25, 0.3) is 10.0 Å². The van der Waals surface area contributed by atoms with E-state index in [1.165, 1.54) is 6.07 Å². The number of hydrogen-bond donors (Lipinski definition) is 1. The van der Waals surface area contributed by atoms with Gasteiger partial charge in [-0.15, -0.1) is 11.3 Å². The van der Waals surface area contributed by atoms with Crippen molar-refractivity contribution in [3.8, 4) is 22.9 Å². The van der Waals surface area contributed by atoms with Crippen LogP contribution in [0.15, 0.2) is 52.7 Å². The lowest BCUT2D eigenvalue weighted by Gasteiger charge is -2.19. The highest BCUT2D eigenvalue weighted by molar-refractivity contribution is 7.94. The van der Waals surface area contributed by atoms with Crippen molar-refractivity contribution in [2.45, 2.75) is 29.3 Å². The first kappa shape index (κ1) is 26.3. The Morgan fingerprint density at radius 2 is 2.03 bits per heavy atom. The van der Waals surface area contributed by atoms with Gasteiger partial charge in [-0.2, -0.15) is 18.4 Å². The van der Waals surface area contributed by atoms with Crippen molar-refractivity contribution in [1.29, 1.82) is 5.26 Å². The Bertz CT molecular complexity index is 1420. The van der Waals surface area contributed by atoms with Gasteiger partial charge in [0.1, 0.15) is 16.1 Å². The number of anilines is 1. The second kappa shape index (κ2) is 10.3. The zero-order valence-electron chi connectivity index (χ0n) is 19.0. The number of ether oxygens (including phenoxy) is 1. The Morgan fingerprint density at radius 3 is 2.69 bits per heavy atom. The summed E-state index contributed by atoms with van der Waals surface area (Å²) in [7, 11) is -2.38. The number of benzene rings is 2. The summed E-state index contributed by atoms with van der Waals surface area (Å²) in [5, 5.41) is 8.97. The van der Waals surface area contributed by atoms with E-state index in [0.717, 1.165) is 29.5 Å². The summed E-state index contributed by atoms with van der Waals surface area (Å²) in [6.07, 6.45) is -4.39. The number of halogens is 4. The molecule has 0 radical (unpaired) electrons. The average molecular weight is 556 g/mol. The lowest BCUT2D eigenvalue weighted by molar-refractivity contribution is -0.139. The van der Waals surface area contributed by atoms with Crippen molar-refractivity contribution in [2.75, 3.05) is 24.9 Å². The largest absolute Gasteiger partial charge is 0.488 e. The maximum atomic E-state index is 13.6. The number of likely N-dealkylation sites (tertiary alicyclic amines) is 1. The van der Waals surface area contributed by atoms with Gasteiger partial charge in [-0.25, -0.2) is 8.42 Å². The van der Waals surface area contributed by atoms with Crippen molar-refractivity contribution in [3.63, 3.8) is 0 Å². The quantitative estimate of drug-likeness (QED) is 0.384. The van der Waals surface area contributed by atoms with E-state index in [-0.39, 0.29) is 20.7 Å². The van der Waals surface area contributed by atoms with E-state index in [2.05, 4.69) is 4.72 Å². The van der Waals surface area contributed by atoms with Gasteiger partial charge >= 0.3 is 6.18 Å². The molecule has 1 aromatic heterocycles. The molecule has 3 aromatic rings. The molecular formula is C24H21ClF3N3O3S2. The molecule has 4 rings (SSSR count). The predicted molar refractivity (Wildman–Crippen MR) is 133 cm³/mol. The number of hydrogen-bond acceptors (Lipinski definition) is 6. The molecule has 0 aliphatic carbocycles. The zero-order valence-corrected chi connectivity index (χ0v) is 21.4. The molecule has 1 unspecified atom stereocenters. The molecule has 1 N–H and O–H groups in total. The van der Waals surface area contributed by atoms with Crippen molar-refractivity contribution in [1.82, 2.24) is 4.90 Å².